The molecular formula is C12H17F2N3. The van der Waals surface area contributed by atoms with Crippen molar-refractivity contribution in [1.82, 2.24) is 15.5 Å². The van der Waals surface area contributed by atoms with Crippen molar-refractivity contribution in [3.63, 3.8) is 0 Å². The minimum absolute atomic E-state index is 0.146. The first kappa shape index (κ1) is 11.1. The number of H-pyrrole nitrogens is 1. The summed E-state index contributed by atoms with van der Waals surface area (Å²) >= 11 is 0. The molecule has 0 bridgehead atoms. The Morgan fingerprint density at radius 2 is 2.18 bits per heavy atom. The summed E-state index contributed by atoms with van der Waals surface area (Å²) in [4.78, 5) is 0. The maximum atomic E-state index is 13.0. The number of hydrogen-bond acceptors (Lipinski definition) is 2. The van der Waals surface area contributed by atoms with Gasteiger partial charge in [0.2, 0.25) is 0 Å². The Morgan fingerprint density at radius 3 is 2.65 bits per heavy atom. The first-order valence-electron chi connectivity index (χ1n) is 6.10. The number of halogens is 2. The topological polar surface area (TPSA) is 40.7 Å². The first-order chi connectivity index (χ1) is 7.97. The van der Waals surface area contributed by atoms with Crippen LogP contribution in [0.15, 0.2) is 6.07 Å². The van der Waals surface area contributed by atoms with Crippen LogP contribution in [-0.4, -0.2) is 23.3 Å². The van der Waals surface area contributed by atoms with Crippen LogP contribution in [0.25, 0.3) is 0 Å². The number of aromatic nitrogens is 2. The van der Waals surface area contributed by atoms with Gasteiger partial charge < -0.3 is 5.32 Å². The van der Waals surface area contributed by atoms with Gasteiger partial charge in [-0.3, -0.25) is 5.10 Å². The highest BCUT2D eigenvalue weighted by molar-refractivity contribution is 5.15. The van der Waals surface area contributed by atoms with Gasteiger partial charge in [0.05, 0.1) is 0 Å². The molecule has 1 saturated heterocycles. The molecule has 2 fully saturated rings. The van der Waals surface area contributed by atoms with E-state index in [4.69, 9.17) is 0 Å². The quantitative estimate of drug-likeness (QED) is 0.850. The molecule has 2 aliphatic rings. The molecule has 1 spiro atoms. The Bertz CT molecular complexity index is 410. The van der Waals surface area contributed by atoms with Crippen LogP contribution in [0.1, 0.15) is 31.2 Å². The number of rotatable bonds is 3. The molecule has 0 atom stereocenters. The molecule has 1 aliphatic heterocycles. The van der Waals surface area contributed by atoms with Gasteiger partial charge in [0.25, 0.3) is 5.92 Å². The lowest BCUT2D eigenvalue weighted by molar-refractivity contribution is 0.000402. The van der Waals surface area contributed by atoms with Crippen LogP contribution in [-0.2, 0) is 12.3 Å². The highest BCUT2D eigenvalue weighted by Gasteiger charge is 2.48. The van der Waals surface area contributed by atoms with Crippen molar-refractivity contribution in [2.45, 2.75) is 32.1 Å². The molecule has 5 heteroatoms. The van der Waals surface area contributed by atoms with Crippen LogP contribution in [0.2, 0.25) is 0 Å². The Labute approximate surface area is 99.0 Å². The second-order valence-electron chi connectivity index (χ2n) is 5.75. The average Bonchev–Trinajstić information content (AvgIpc) is 2.54. The van der Waals surface area contributed by atoms with E-state index < -0.39 is 5.92 Å². The fourth-order valence-electron chi connectivity index (χ4n) is 3.08. The smallest absolute Gasteiger partial charge is 0.288 e. The van der Waals surface area contributed by atoms with Gasteiger partial charge in [0, 0.05) is 25.7 Å². The number of nitrogens with one attached hydrogen (secondary N) is 2. The molecule has 1 aromatic heterocycles. The fraction of sp³-hybridized carbons (Fsp3) is 0.750. The van der Waals surface area contributed by atoms with E-state index in [0.717, 1.165) is 32.1 Å². The third kappa shape index (κ3) is 1.97. The van der Waals surface area contributed by atoms with E-state index in [2.05, 4.69) is 15.5 Å². The fourth-order valence-corrected chi connectivity index (χ4v) is 3.08. The van der Waals surface area contributed by atoms with Gasteiger partial charge in [-0.05, 0) is 36.7 Å². The number of aromatic amines is 1. The van der Waals surface area contributed by atoms with Gasteiger partial charge >= 0.3 is 0 Å². The Kier molecular flexibility index (Phi) is 2.30. The van der Waals surface area contributed by atoms with Crippen molar-refractivity contribution in [2.24, 2.45) is 11.3 Å². The summed E-state index contributed by atoms with van der Waals surface area (Å²) in [5, 5.41) is 9.70. The van der Waals surface area contributed by atoms with Crippen molar-refractivity contribution in [2.75, 3.05) is 13.1 Å². The second kappa shape index (κ2) is 3.51. The second-order valence-corrected chi connectivity index (χ2v) is 5.75. The SMILES string of the molecule is CC(F)(F)c1cc(CC2CC3(CNC3)C2)[nH]n1. The molecule has 0 unspecified atom stereocenters. The largest absolute Gasteiger partial charge is 0.316 e. The van der Waals surface area contributed by atoms with Crippen LogP contribution in [0.4, 0.5) is 8.78 Å². The predicted octanol–water partition coefficient (Wildman–Crippen LogP) is 2.06. The molecule has 1 aromatic rings. The van der Waals surface area contributed by atoms with Crippen LogP contribution in [0.3, 0.4) is 0 Å². The monoisotopic (exact) mass is 241 g/mol. The van der Waals surface area contributed by atoms with E-state index >= 15 is 0 Å². The normalized spacial score (nSPS) is 23.5. The first-order valence-corrected chi connectivity index (χ1v) is 6.10. The van der Waals surface area contributed by atoms with Gasteiger partial charge in [0.1, 0.15) is 5.69 Å². The molecule has 2 N–H and O–H groups in total. The van der Waals surface area contributed by atoms with Gasteiger partial charge in [-0.25, -0.2) is 0 Å². The highest BCUT2D eigenvalue weighted by Crippen LogP contribution is 2.49. The van der Waals surface area contributed by atoms with E-state index in [1.165, 1.54) is 18.9 Å². The van der Waals surface area contributed by atoms with Crippen LogP contribution >= 0.6 is 0 Å². The number of alkyl halides is 2. The van der Waals surface area contributed by atoms with E-state index in [1.807, 2.05) is 0 Å². The molecule has 1 saturated carbocycles. The minimum Gasteiger partial charge on any atom is -0.316 e. The molecule has 0 radical (unpaired) electrons. The maximum Gasteiger partial charge on any atom is 0.288 e. The van der Waals surface area contributed by atoms with Crippen molar-refractivity contribution < 1.29 is 8.78 Å². The highest BCUT2D eigenvalue weighted by atomic mass is 19.3. The average molecular weight is 241 g/mol. The summed E-state index contributed by atoms with van der Waals surface area (Å²) in [5.41, 5.74) is 1.24. The molecule has 3 rings (SSSR count). The summed E-state index contributed by atoms with van der Waals surface area (Å²) in [5.74, 6) is -2.20. The predicted molar refractivity (Wildman–Crippen MR) is 59.9 cm³/mol. The molecule has 94 valence electrons. The summed E-state index contributed by atoms with van der Waals surface area (Å²) < 4.78 is 26.0. The maximum absolute atomic E-state index is 13.0. The zero-order valence-electron chi connectivity index (χ0n) is 9.89. The molecule has 2 heterocycles. The van der Waals surface area contributed by atoms with Gasteiger partial charge in [-0.15, -0.1) is 0 Å². The molecule has 17 heavy (non-hydrogen) atoms. The van der Waals surface area contributed by atoms with Crippen molar-refractivity contribution in [1.29, 1.82) is 0 Å². The standard InChI is InChI=1S/C12H17F2N3/c1-11(13,14)10-3-9(16-17-10)2-8-4-12(5-8)6-15-7-12/h3,8,15H,2,4-7H2,1H3,(H,16,17). The van der Waals surface area contributed by atoms with Crippen molar-refractivity contribution in [3.8, 4) is 0 Å². The minimum atomic E-state index is -2.84. The summed E-state index contributed by atoms with van der Waals surface area (Å²) in [6, 6.07) is 1.50. The van der Waals surface area contributed by atoms with Gasteiger partial charge in [-0.1, -0.05) is 0 Å². The zero-order chi connectivity index (χ0) is 12.1. The lowest BCUT2D eigenvalue weighted by Crippen LogP contribution is -2.60. The third-order valence-electron chi connectivity index (χ3n) is 4.03. The van der Waals surface area contributed by atoms with E-state index in [-0.39, 0.29) is 5.69 Å². The number of nitrogens with zero attached hydrogens (tertiary/aromatic N) is 1. The molecule has 0 amide bonds. The number of hydrogen-bond donors (Lipinski definition) is 2. The molecule has 1 aliphatic carbocycles. The van der Waals surface area contributed by atoms with E-state index in [9.17, 15) is 8.78 Å². The summed E-state index contributed by atoms with van der Waals surface area (Å²) in [6.45, 7) is 3.14. The van der Waals surface area contributed by atoms with Crippen LogP contribution in [0, 0.1) is 11.3 Å². The van der Waals surface area contributed by atoms with Crippen molar-refractivity contribution in [3.05, 3.63) is 17.5 Å². The van der Waals surface area contributed by atoms with Crippen molar-refractivity contribution >= 4 is 0 Å². The van der Waals surface area contributed by atoms with Crippen LogP contribution in [0.5, 0.6) is 0 Å². The molecule has 3 nitrogen and oxygen atoms in total. The van der Waals surface area contributed by atoms with E-state index in [0.29, 0.717) is 11.3 Å². The molecular weight excluding hydrogens is 224 g/mol. The lowest BCUT2D eigenvalue weighted by atomic mass is 9.57. The Hall–Kier alpha value is -0.970. The van der Waals surface area contributed by atoms with Crippen LogP contribution < -0.4 is 5.32 Å². The summed E-state index contributed by atoms with van der Waals surface area (Å²) in [6.07, 6.45) is 3.29. The lowest BCUT2D eigenvalue weighted by Gasteiger charge is -2.54. The Balaban J connectivity index is 1.57. The van der Waals surface area contributed by atoms with Gasteiger partial charge in [0.15, 0.2) is 0 Å². The molecule has 0 aromatic carbocycles. The summed E-state index contributed by atoms with van der Waals surface area (Å²) in [7, 11) is 0. The third-order valence-corrected chi connectivity index (χ3v) is 4.03. The Morgan fingerprint density at radius 1 is 1.47 bits per heavy atom. The van der Waals surface area contributed by atoms with E-state index in [1.54, 1.807) is 0 Å². The van der Waals surface area contributed by atoms with Gasteiger partial charge in [-0.2, -0.15) is 13.9 Å². The zero-order valence-corrected chi connectivity index (χ0v) is 9.89.